The Morgan fingerprint density at radius 2 is 2.10 bits per heavy atom. The number of nitro groups is 1. The summed E-state index contributed by atoms with van der Waals surface area (Å²) in [5.74, 6) is -1.05. The molecule has 0 aromatic heterocycles. The molecule has 1 amide bonds. The van der Waals surface area contributed by atoms with Crippen molar-refractivity contribution >= 4 is 29.3 Å². The number of hydrogen-bond acceptors (Lipinski definition) is 5. The number of carbonyl (C=O) groups is 2. The number of thioether (sulfide) groups is 1. The summed E-state index contributed by atoms with van der Waals surface area (Å²) in [7, 11) is 0. The molecule has 1 rings (SSSR count). The van der Waals surface area contributed by atoms with Crippen molar-refractivity contribution in [1.82, 2.24) is 5.32 Å². The van der Waals surface area contributed by atoms with Gasteiger partial charge >= 0.3 is 5.97 Å². The number of nitrogens with one attached hydrogen (secondary N) is 1. The number of benzene rings is 1. The maximum Gasteiger partial charge on any atom is 0.326 e. The van der Waals surface area contributed by atoms with Gasteiger partial charge < -0.3 is 10.4 Å². The summed E-state index contributed by atoms with van der Waals surface area (Å²) >= 11 is 1.48. The van der Waals surface area contributed by atoms with Gasteiger partial charge in [-0.1, -0.05) is 18.2 Å². The molecule has 0 unspecified atom stereocenters. The fraction of sp³-hybridized carbons (Fsp3) is 0.385. The zero-order valence-corrected chi connectivity index (χ0v) is 12.3. The number of para-hydroxylation sites is 1. The predicted octanol–water partition coefficient (Wildman–Crippen LogP) is 1.46. The highest BCUT2D eigenvalue weighted by molar-refractivity contribution is 7.98. The van der Waals surface area contributed by atoms with Crippen molar-refractivity contribution in [3.05, 3.63) is 39.9 Å². The van der Waals surface area contributed by atoms with E-state index in [1.54, 1.807) is 6.07 Å². The minimum Gasteiger partial charge on any atom is -0.480 e. The molecule has 0 spiro atoms. The van der Waals surface area contributed by atoms with Gasteiger partial charge in [-0.05, 0) is 18.4 Å². The van der Waals surface area contributed by atoms with Gasteiger partial charge in [0.25, 0.3) is 5.69 Å². The molecule has 2 N–H and O–H groups in total. The first-order valence-electron chi connectivity index (χ1n) is 6.19. The van der Waals surface area contributed by atoms with Gasteiger partial charge in [0.15, 0.2) is 0 Å². The van der Waals surface area contributed by atoms with Crippen LogP contribution in [-0.2, 0) is 16.0 Å². The molecule has 1 aromatic rings. The minimum absolute atomic E-state index is 0.149. The lowest BCUT2D eigenvalue weighted by Crippen LogP contribution is -2.41. The largest absolute Gasteiger partial charge is 0.480 e. The van der Waals surface area contributed by atoms with Gasteiger partial charge in [0.1, 0.15) is 6.04 Å². The van der Waals surface area contributed by atoms with Crippen LogP contribution < -0.4 is 5.32 Å². The lowest BCUT2D eigenvalue weighted by Gasteiger charge is -2.13. The summed E-state index contributed by atoms with van der Waals surface area (Å²) in [6, 6.07) is 4.92. The Labute approximate surface area is 125 Å². The van der Waals surface area contributed by atoms with E-state index < -0.39 is 22.8 Å². The zero-order valence-electron chi connectivity index (χ0n) is 11.4. The molecule has 0 bridgehead atoms. The van der Waals surface area contributed by atoms with E-state index >= 15 is 0 Å². The van der Waals surface area contributed by atoms with Crippen LogP contribution >= 0.6 is 11.8 Å². The highest BCUT2D eigenvalue weighted by atomic mass is 32.2. The third-order valence-electron chi connectivity index (χ3n) is 2.78. The molecule has 114 valence electrons. The second kappa shape index (κ2) is 8.25. The fourth-order valence-corrected chi connectivity index (χ4v) is 2.22. The van der Waals surface area contributed by atoms with E-state index in [2.05, 4.69) is 5.32 Å². The number of amides is 1. The number of rotatable bonds is 8. The molecule has 0 fully saturated rings. The SMILES string of the molecule is CSCC[C@H](NC(=O)Cc1ccccc1[N+](=O)[O-])C(=O)O. The average Bonchev–Trinajstić information content (AvgIpc) is 2.43. The monoisotopic (exact) mass is 312 g/mol. The van der Waals surface area contributed by atoms with Gasteiger partial charge in [-0.2, -0.15) is 11.8 Å². The summed E-state index contributed by atoms with van der Waals surface area (Å²) < 4.78 is 0. The molecule has 1 aromatic carbocycles. The third kappa shape index (κ3) is 5.42. The van der Waals surface area contributed by atoms with Crippen LogP contribution in [0.2, 0.25) is 0 Å². The first-order chi connectivity index (χ1) is 9.95. The molecule has 0 saturated heterocycles. The molecule has 1 atom stereocenters. The van der Waals surface area contributed by atoms with Crippen LogP contribution in [0.4, 0.5) is 5.69 Å². The molecule has 0 aliphatic rings. The van der Waals surface area contributed by atoms with Gasteiger partial charge in [-0.3, -0.25) is 14.9 Å². The lowest BCUT2D eigenvalue weighted by atomic mass is 10.1. The second-order valence-electron chi connectivity index (χ2n) is 4.30. The van der Waals surface area contributed by atoms with Crippen LogP contribution in [-0.4, -0.2) is 40.0 Å². The molecule has 0 radical (unpaired) electrons. The predicted molar refractivity (Wildman–Crippen MR) is 79.4 cm³/mol. The molecule has 21 heavy (non-hydrogen) atoms. The number of carboxylic acid groups (broad SMARTS) is 1. The van der Waals surface area contributed by atoms with E-state index in [4.69, 9.17) is 5.11 Å². The second-order valence-corrected chi connectivity index (χ2v) is 5.29. The standard InChI is InChI=1S/C13H16N2O5S/c1-21-7-6-10(13(17)18)14-12(16)8-9-4-2-3-5-11(9)15(19)20/h2-5,10H,6-8H2,1H3,(H,14,16)(H,17,18)/t10-/m0/s1. The van der Waals surface area contributed by atoms with Crippen LogP contribution in [0.15, 0.2) is 24.3 Å². The first kappa shape index (κ1) is 17.0. The minimum atomic E-state index is -1.11. The summed E-state index contributed by atoms with van der Waals surface area (Å²) in [6.45, 7) is 0. The van der Waals surface area contributed by atoms with E-state index in [9.17, 15) is 19.7 Å². The average molecular weight is 312 g/mol. The number of hydrogen-bond donors (Lipinski definition) is 2. The van der Waals surface area contributed by atoms with Crippen molar-refractivity contribution in [2.45, 2.75) is 18.9 Å². The van der Waals surface area contributed by atoms with Crippen molar-refractivity contribution in [3.63, 3.8) is 0 Å². The summed E-state index contributed by atoms with van der Waals surface area (Å²) in [5, 5.41) is 22.3. The Kier molecular flexibility index (Phi) is 6.67. The van der Waals surface area contributed by atoms with E-state index in [0.29, 0.717) is 12.2 Å². The normalized spacial score (nSPS) is 11.7. The van der Waals surface area contributed by atoms with Crippen LogP contribution in [0.1, 0.15) is 12.0 Å². The maximum atomic E-state index is 11.9. The number of carboxylic acids is 1. The van der Waals surface area contributed by atoms with E-state index in [1.165, 1.54) is 30.0 Å². The van der Waals surface area contributed by atoms with Gasteiger partial charge in [-0.15, -0.1) is 0 Å². The molecule has 8 heteroatoms. The topological polar surface area (TPSA) is 110 Å². The molecular weight excluding hydrogens is 296 g/mol. The zero-order chi connectivity index (χ0) is 15.8. The summed E-state index contributed by atoms with van der Waals surface area (Å²) in [6.07, 6.45) is 1.92. The maximum absolute atomic E-state index is 11.9. The highest BCUT2D eigenvalue weighted by Gasteiger charge is 2.21. The smallest absolute Gasteiger partial charge is 0.326 e. The number of nitrogens with zero attached hydrogens (tertiary/aromatic N) is 1. The fourth-order valence-electron chi connectivity index (χ4n) is 1.75. The van der Waals surface area contributed by atoms with Gasteiger partial charge in [0.05, 0.1) is 11.3 Å². The molecule has 0 saturated carbocycles. The van der Waals surface area contributed by atoms with Gasteiger partial charge in [0, 0.05) is 11.6 Å². The van der Waals surface area contributed by atoms with Gasteiger partial charge in [-0.25, -0.2) is 4.79 Å². The lowest BCUT2D eigenvalue weighted by molar-refractivity contribution is -0.385. The van der Waals surface area contributed by atoms with Crippen molar-refractivity contribution in [3.8, 4) is 0 Å². The summed E-state index contributed by atoms with van der Waals surface area (Å²) in [5.41, 5.74) is 0.109. The number of aliphatic carboxylic acids is 1. The first-order valence-corrected chi connectivity index (χ1v) is 7.58. The van der Waals surface area contributed by atoms with Crippen LogP contribution in [0.3, 0.4) is 0 Å². The van der Waals surface area contributed by atoms with Gasteiger partial charge in [0.2, 0.25) is 5.91 Å². The molecule has 7 nitrogen and oxygen atoms in total. The highest BCUT2D eigenvalue weighted by Crippen LogP contribution is 2.18. The Morgan fingerprint density at radius 1 is 1.43 bits per heavy atom. The molecule has 0 aliphatic heterocycles. The third-order valence-corrected chi connectivity index (χ3v) is 3.43. The number of nitro benzene ring substituents is 1. The summed E-state index contributed by atoms with van der Waals surface area (Å²) in [4.78, 5) is 33.2. The van der Waals surface area contributed by atoms with Crippen LogP contribution in [0, 0.1) is 10.1 Å². The Balaban J connectivity index is 2.72. The van der Waals surface area contributed by atoms with Crippen LogP contribution in [0.5, 0.6) is 0 Å². The van der Waals surface area contributed by atoms with Crippen molar-refractivity contribution in [2.24, 2.45) is 0 Å². The van der Waals surface area contributed by atoms with Crippen LogP contribution in [0.25, 0.3) is 0 Å². The van der Waals surface area contributed by atoms with Crippen molar-refractivity contribution in [2.75, 3.05) is 12.0 Å². The van der Waals surface area contributed by atoms with Crippen molar-refractivity contribution < 1.29 is 19.6 Å². The van der Waals surface area contributed by atoms with E-state index in [1.807, 2.05) is 6.26 Å². The molecular formula is C13H16N2O5S. The number of carbonyl (C=O) groups excluding carboxylic acids is 1. The Bertz CT molecular complexity index is 535. The molecule has 0 aliphatic carbocycles. The Hall–Kier alpha value is -2.09. The molecule has 0 heterocycles. The Morgan fingerprint density at radius 3 is 2.67 bits per heavy atom. The quantitative estimate of drug-likeness (QED) is 0.555. The van der Waals surface area contributed by atoms with Crippen molar-refractivity contribution in [1.29, 1.82) is 0 Å². The van der Waals surface area contributed by atoms with E-state index in [-0.39, 0.29) is 17.7 Å². The van der Waals surface area contributed by atoms with E-state index in [0.717, 1.165) is 0 Å².